The molecule has 0 radical (unpaired) electrons. The Morgan fingerprint density at radius 3 is 3.17 bits per heavy atom. The number of nitrogens with one attached hydrogen (secondary N) is 1. The van der Waals surface area contributed by atoms with Crippen LogP contribution in [0.1, 0.15) is 30.7 Å². The van der Waals surface area contributed by atoms with Gasteiger partial charge in [0.15, 0.2) is 0 Å². The molecule has 2 aromatic heterocycles. The van der Waals surface area contributed by atoms with E-state index in [1.807, 2.05) is 24.2 Å². The van der Waals surface area contributed by atoms with Gasteiger partial charge in [0.1, 0.15) is 12.1 Å². The predicted molar refractivity (Wildman–Crippen MR) is 84.8 cm³/mol. The van der Waals surface area contributed by atoms with Gasteiger partial charge in [-0.1, -0.05) is 0 Å². The normalized spacial score (nSPS) is 18.0. The van der Waals surface area contributed by atoms with Gasteiger partial charge in [0, 0.05) is 38.7 Å². The Morgan fingerprint density at radius 2 is 2.39 bits per heavy atom. The van der Waals surface area contributed by atoms with E-state index in [9.17, 15) is 4.79 Å². The van der Waals surface area contributed by atoms with Crippen LogP contribution in [-0.4, -0.2) is 56.1 Å². The molecule has 2 aromatic rings. The molecule has 8 heteroatoms. The molecule has 1 aliphatic heterocycles. The molecule has 1 aliphatic rings. The van der Waals surface area contributed by atoms with Crippen LogP contribution >= 0.6 is 0 Å². The molecule has 1 amide bonds. The van der Waals surface area contributed by atoms with Gasteiger partial charge in [0.2, 0.25) is 5.91 Å². The van der Waals surface area contributed by atoms with E-state index in [1.54, 1.807) is 4.68 Å². The average Bonchev–Trinajstić information content (AvgIpc) is 3.13. The van der Waals surface area contributed by atoms with E-state index in [1.165, 1.54) is 11.9 Å². The van der Waals surface area contributed by atoms with E-state index in [2.05, 4.69) is 31.9 Å². The molecule has 0 bridgehead atoms. The average molecular weight is 315 g/mol. The second-order valence-corrected chi connectivity index (χ2v) is 5.73. The van der Waals surface area contributed by atoms with Crippen molar-refractivity contribution < 1.29 is 4.79 Å². The summed E-state index contributed by atoms with van der Waals surface area (Å²) in [5.74, 6) is 1.40. The van der Waals surface area contributed by atoms with Gasteiger partial charge < -0.3 is 10.2 Å². The Bertz CT molecular complexity index is 643. The minimum absolute atomic E-state index is 0.160. The molecule has 1 saturated heterocycles. The highest BCUT2D eigenvalue weighted by molar-refractivity contribution is 5.76. The minimum Gasteiger partial charge on any atom is -0.373 e. The number of nitrogens with zero attached hydrogens (tertiary/aromatic N) is 6. The molecule has 1 atom stereocenters. The maximum absolute atomic E-state index is 12.4. The summed E-state index contributed by atoms with van der Waals surface area (Å²) in [6.45, 7) is 2.11. The van der Waals surface area contributed by atoms with Crippen molar-refractivity contribution in [2.45, 2.75) is 31.7 Å². The lowest BCUT2D eigenvalue weighted by atomic mass is 9.91. The number of aryl methyl sites for hydroxylation is 1. The van der Waals surface area contributed by atoms with Gasteiger partial charge in [-0.05, 0) is 41.0 Å². The van der Waals surface area contributed by atoms with Crippen LogP contribution in [0.25, 0.3) is 0 Å². The second kappa shape index (κ2) is 7.17. The van der Waals surface area contributed by atoms with E-state index in [0.29, 0.717) is 18.9 Å². The number of tetrazole rings is 1. The maximum atomic E-state index is 12.4. The molecular formula is C15H21N7O. The van der Waals surface area contributed by atoms with E-state index in [0.717, 1.165) is 31.7 Å². The monoisotopic (exact) mass is 315 g/mol. The molecular weight excluding hydrogens is 294 g/mol. The number of likely N-dealkylation sites (tertiary alicyclic amines) is 1. The number of hydrogen-bond acceptors (Lipinski definition) is 6. The number of amides is 1. The van der Waals surface area contributed by atoms with Crippen LogP contribution in [0.2, 0.25) is 0 Å². The molecule has 122 valence electrons. The molecule has 1 fully saturated rings. The highest BCUT2D eigenvalue weighted by Crippen LogP contribution is 2.28. The van der Waals surface area contributed by atoms with Crippen LogP contribution in [0.15, 0.2) is 24.7 Å². The summed E-state index contributed by atoms with van der Waals surface area (Å²) in [5, 5.41) is 14.0. The van der Waals surface area contributed by atoms with Crippen LogP contribution in [0.4, 0.5) is 5.82 Å². The predicted octanol–water partition coefficient (Wildman–Crippen LogP) is 0.906. The van der Waals surface area contributed by atoms with Crippen molar-refractivity contribution in [3.63, 3.8) is 0 Å². The van der Waals surface area contributed by atoms with Gasteiger partial charge in [-0.15, -0.1) is 5.10 Å². The number of hydrogen-bond donors (Lipinski definition) is 1. The topological polar surface area (TPSA) is 88.8 Å². The van der Waals surface area contributed by atoms with Gasteiger partial charge in [0.25, 0.3) is 0 Å². The van der Waals surface area contributed by atoms with E-state index in [-0.39, 0.29) is 5.91 Å². The lowest BCUT2D eigenvalue weighted by Crippen LogP contribution is -2.39. The van der Waals surface area contributed by atoms with Gasteiger partial charge in [-0.3, -0.25) is 4.79 Å². The first-order chi connectivity index (χ1) is 11.3. The molecule has 0 aliphatic carbocycles. The maximum Gasteiger partial charge on any atom is 0.224 e. The zero-order valence-corrected chi connectivity index (χ0v) is 13.2. The van der Waals surface area contributed by atoms with Crippen LogP contribution in [-0.2, 0) is 11.3 Å². The SMILES string of the molecule is CNc1cc([C@@H]2CCCN(C(=O)CCn3cnnn3)C2)ccn1. The standard InChI is InChI=1S/C15H21N7O/c1-16-14-9-12(4-6-17-14)13-3-2-7-21(10-13)15(23)5-8-22-11-18-19-20-22/h4,6,9,11,13H,2-3,5,7-8,10H2,1H3,(H,16,17)/t13-/m1/s1. The highest BCUT2D eigenvalue weighted by Gasteiger charge is 2.24. The number of anilines is 1. The number of pyridine rings is 1. The van der Waals surface area contributed by atoms with E-state index >= 15 is 0 Å². The van der Waals surface area contributed by atoms with Gasteiger partial charge in [-0.25, -0.2) is 9.67 Å². The zero-order chi connectivity index (χ0) is 16.1. The third kappa shape index (κ3) is 3.82. The third-order valence-corrected chi connectivity index (χ3v) is 4.23. The Morgan fingerprint density at radius 1 is 1.48 bits per heavy atom. The Hall–Kier alpha value is -2.51. The second-order valence-electron chi connectivity index (χ2n) is 5.73. The summed E-state index contributed by atoms with van der Waals surface area (Å²) in [4.78, 5) is 18.6. The fourth-order valence-electron chi connectivity index (χ4n) is 2.96. The molecule has 0 unspecified atom stereocenters. The Kier molecular flexibility index (Phi) is 4.80. The first-order valence-electron chi connectivity index (χ1n) is 7.88. The van der Waals surface area contributed by atoms with Crippen molar-refractivity contribution in [1.29, 1.82) is 0 Å². The van der Waals surface area contributed by atoms with Crippen molar-refractivity contribution in [2.24, 2.45) is 0 Å². The van der Waals surface area contributed by atoms with Crippen molar-refractivity contribution in [3.8, 4) is 0 Å². The van der Waals surface area contributed by atoms with Crippen molar-refractivity contribution in [2.75, 3.05) is 25.5 Å². The highest BCUT2D eigenvalue weighted by atomic mass is 16.2. The van der Waals surface area contributed by atoms with Crippen LogP contribution in [0, 0.1) is 0 Å². The Labute approximate surface area is 134 Å². The zero-order valence-electron chi connectivity index (χ0n) is 13.2. The quantitative estimate of drug-likeness (QED) is 0.882. The minimum atomic E-state index is 0.160. The van der Waals surface area contributed by atoms with E-state index in [4.69, 9.17) is 0 Å². The largest absolute Gasteiger partial charge is 0.373 e. The third-order valence-electron chi connectivity index (χ3n) is 4.23. The molecule has 0 saturated carbocycles. The van der Waals surface area contributed by atoms with Gasteiger partial charge in [0.05, 0.1) is 6.54 Å². The number of carbonyl (C=O) groups excluding carboxylic acids is 1. The lowest BCUT2D eigenvalue weighted by Gasteiger charge is -2.33. The molecule has 0 aromatic carbocycles. The first-order valence-corrected chi connectivity index (χ1v) is 7.88. The van der Waals surface area contributed by atoms with Crippen LogP contribution in [0.3, 0.4) is 0 Å². The van der Waals surface area contributed by atoms with Crippen molar-refractivity contribution in [1.82, 2.24) is 30.1 Å². The van der Waals surface area contributed by atoms with Crippen LogP contribution < -0.4 is 5.32 Å². The fraction of sp³-hybridized carbons (Fsp3) is 0.533. The number of piperidine rings is 1. The molecule has 3 heterocycles. The molecule has 0 spiro atoms. The van der Waals surface area contributed by atoms with Gasteiger partial charge >= 0.3 is 0 Å². The summed E-state index contributed by atoms with van der Waals surface area (Å²) in [6, 6.07) is 4.11. The summed E-state index contributed by atoms with van der Waals surface area (Å²) in [6.07, 6.45) is 5.90. The summed E-state index contributed by atoms with van der Waals surface area (Å²) in [5.41, 5.74) is 1.24. The van der Waals surface area contributed by atoms with Crippen molar-refractivity contribution in [3.05, 3.63) is 30.2 Å². The summed E-state index contributed by atoms with van der Waals surface area (Å²) >= 11 is 0. The van der Waals surface area contributed by atoms with Crippen molar-refractivity contribution >= 4 is 11.7 Å². The number of rotatable bonds is 5. The summed E-state index contributed by atoms with van der Waals surface area (Å²) in [7, 11) is 1.86. The smallest absolute Gasteiger partial charge is 0.224 e. The number of aromatic nitrogens is 5. The lowest BCUT2D eigenvalue weighted by molar-refractivity contribution is -0.132. The van der Waals surface area contributed by atoms with Gasteiger partial charge in [-0.2, -0.15) is 0 Å². The molecule has 1 N–H and O–H groups in total. The Balaban J connectivity index is 1.59. The number of carbonyl (C=O) groups is 1. The summed E-state index contributed by atoms with van der Waals surface area (Å²) < 4.78 is 1.58. The van der Waals surface area contributed by atoms with Crippen LogP contribution in [0.5, 0.6) is 0 Å². The molecule has 8 nitrogen and oxygen atoms in total. The fourth-order valence-corrected chi connectivity index (χ4v) is 2.96. The molecule has 23 heavy (non-hydrogen) atoms. The van der Waals surface area contributed by atoms with E-state index < -0.39 is 0 Å². The molecule has 3 rings (SSSR count). The first kappa shape index (κ1) is 15.4.